The van der Waals surface area contributed by atoms with Crippen LogP contribution < -0.4 is 11.1 Å². The molecule has 0 aromatic rings. The van der Waals surface area contributed by atoms with Gasteiger partial charge in [-0.05, 0) is 26.5 Å². The van der Waals surface area contributed by atoms with Gasteiger partial charge in [0.05, 0.1) is 6.54 Å². The summed E-state index contributed by atoms with van der Waals surface area (Å²) in [6.45, 7) is 8.18. The summed E-state index contributed by atoms with van der Waals surface area (Å²) in [6.07, 6.45) is 4.41. The van der Waals surface area contributed by atoms with E-state index in [9.17, 15) is 0 Å². The van der Waals surface area contributed by atoms with Crippen LogP contribution in [-0.2, 0) is 0 Å². The van der Waals surface area contributed by atoms with E-state index in [0.717, 1.165) is 19.5 Å². The van der Waals surface area contributed by atoms with Crippen LogP contribution in [0.1, 0.15) is 33.6 Å². The van der Waals surface area contributed by atoms with Gasteiger partial charge in [0.15, 0.2) is 5.96 Å². The average molecular weight is 217 g/mol. The van der Waals surface area contributed by atoms with Crippen molar-refractivity contribution in [2.45, 2.75) is 38.4 Å². The predicted molar refractivity (Wildman–Crippen MR) is 67.0 cm³/mol. The minimum absolute atomic E-state index is 0.178. The van der Waals surface area contributed by atoms with E-state index in [1.54, 1.807) is 0 Å². The smallest absolute Gasteiger partial charge is 0.188 e. The summed E-state index contributed by atoms with van der Waals surface area (Å²) in [5.74, 6) is 0.570. The second-order valence-electron chi connectivity index (χ2n) is 3.95. The van der Waals surface area contributed by atoms with Gasteiger partial charge in [-0.25, -0.2) is 0 Å². The number of hydrogen-bond donors (Lipinski definition) is 2. The minimum Gasteiger partial charge on any atom is -0.370 e. The fraction of sp³-hybridized carbons (Fsp3) is 0.900. The number of nitrogens with one attached hydrogen (secondary N) is 1. The van der Waals surface area contributed by atoms with Crippen LogP contribution in [0, 0.1) is 0 Å². The first-order valence-electron chi connectivity index (χ1n) is 5.11. The molecule has 0 radical (unpaired) electrons. The Bertz CT molecular complexity index is 178. The van der Waals surface area contributed by atoms with E-state index in [1.807, 2.05) is 11.8 Å². The van der Waals surface area contributed by atoms with Crippen LogP contribution in [0.5, 0.6) is 0 Å². The molecule has 84 valence electrons. The summed E-state index contributed by atoms with van der Waals surface area (Å²) < 4.78 is 0.178. The molecule has 0 spiro atoms. The molecular formula is C10H23N3S. The third kappa shape index (κ3) is 7.06. The van der Waals surface area contributed by atoms with Gasteiger partial charge in [-0.3, -0.25) is 4.99 Å². The van der Waals surface area contributed by atoms with Gasteiger partial charge in [0.2, 0.25) is 0 Å². The van der Waals surface area contributed by atoms with E-state index in [2.05, 4.69) is 37.3 Å². The normalized spacial score (nSPS) is 13.0. The lowest BCUT2D eigenvalue weighted by atomic mass is 10.2. The monoisotopic (exact) mass is 217 g/mol. The average Bonchev–Trinajstić information content (AvgIpc) is 2.16. The van der Waals surface area contributed by atoms with Crippen LogP contribution in [0.25, 0.3) is 0 Å². The number of nitrogens with zero attached hydrogens (tertiary/aromatic N) is 1. The molecule has 0 aliphatic carbocycles. The quantitative estimate of drug-likeness (QED) is 0.405. The Morgan fingerprint density at radius 1 is 1.50 bits per heavy atom. The Morgan fingerprint density at radius 2 is 2.14 bits per heavy atom. The van der Waals surface area contributed by atoms with E-state index < -0.39 is 0 Å². The molecular weight excluding hydrogens is 194 g/mol. The van der Waals surface area contributed by atoms with Gasteiger partial charge >= 0.3 is 0 Å². The van der Waals surface area contributed by atoms with E-state index >= 15 is 0 Å². The van der Waals surface area contributed by atoms with E-state index in [-0.39, 0.29) is 4.75 Å². The van der Waals surface area contributed by atoms with Gasteiger partial charge in [-0.1, -0.05) is 13.3 Å². The zero-order valence-electron chi connectivity index (χ0n) is 9.76. The Labute approximate surface area is 91.9 Å². The maximum absolute atomic E-state index is 5.71. The molecule has 0 amide bonds. The fourth-order valence-electron chi connectivity index (χ4n) is 0.789. The highest BCUT2D eigenvalue weighted by molar-refractivity contribution is 7.99. The van der Waals surface area contributed by atoms with Crippen LogP contribution in [0.15, 0.2) is 4.99 Å². The molecule has 0 unspecified atom stereocenters. The summed E-state index contributed by atoms with van der Waals surface area (Å²) >= 11 is 1.81. The number of thioether (sulfide) groups is 1. The Balaban J connectivity index is 3.76. The lowest BCUT2D eigenvalue weighted by Crippen LogP contribution is -2.34. The van der Waals surface area contributed by atoms with Gasteiger partial charge in [-0.15, -0.1) is 0 Å². The van der Waals surface area contributed by atoms with Gasteiger partial charge in [0.25, 0.3) is 0 Å². The van der Waals surface area contributed by atoms with Crippen molar-refractivity contribution < 1.29 is 0 Å². The van der Waals surface area contributed by atoms with Crippen LogP contribution in [0.4, 0.5) is 0 Å². The van der Waals surface area contributed by atoms with Crippen molar-refractivity contribution in [3.05, 3.63) is 0 Å². The summed E-state index contributed by atoms with van der Waals surface area (Å²) in [6, 6.07) is 0. The van der Waals surface area contributed by atoms with Gasteiger partial charge < -0.3 is 11.1 Å². The molecule has 0 saturated carbocycles. The van der Waals surface area contributed by atoms with Crippen molar-refractivity contribution in [2.24, 2.45) is 10.7 Å². The zero-order valence-corrected chi connectivity index (χ0v) is 10.6. The molecule has 3 N–H and O–H groups in total. The highest BCUT2D eigenvalue weighted by Crippen LogP contribution is 2.20. The van der Waals surface area contributed by atoms with Crippen molar-refractivity contribution in [1.82, 2.24) is 5.32 Å². The van der Waals surface area contributed by atoms with E-state index in [4.69, 9.17) is 5.73 Å². The van der Waals surface area contributed by atoms with Crippen LogP contribution in [0.3, 0.4) is 0 Å². The second-order valence-corrected chi connectivity index (χ2v) is 5.46. The summed E-state index contributed by atoms with van der Waals surface area (Å²) in [5.41, 5.74) is 5.71. The highest BCUT2D eigenvalue weighted by Gasteiger charge is 2.14. The molecule has 3 nitrogen and oxygen atoms in total. The SMILES string of the molecule is CCCCNC(N)=NCC(C)(C)SC. The third-order valence-electron chi connectivity index (χ3n) is 2.02. The molecule has 14 heavy (non-hydrogen) atoms. The maximum atomic E-state index is 5.71. The molecule has 0 rings (SSSR count). The molecule has 0 atom stereocenters. The number of aliphatic imine (C=N–C) groups is 1. The molecule has 4 heteroatoms. The lowest BCUT2D eigenvalue weighted by Gasteiger charge is -2.19. The fourth-order valence-corrected chi connectivity index (χ4v) is 0.983. The lowest BCUT2D eigenvalue weighted by molar-refractivity contribution is 0.711. The number of guanidine groups is 1. The van der Waals surface area contributed by atoms with Crippen LogP contribution in [0.2, 0.25) is 0 Å². The van der Waals surface area contributed by atoms with Crippen molar-refractivity contribution in [1.29, 1.82) is 0 Å². The number of rotatable bonds is 6. The van der Waals surface area contributed by atoms with Gasteiger partial charge in [0, 0.05) is 11.3 Å². The van der Waals surface area contributed by atoms with Crippen molar-refractivity contribution in [3.8, 4) is 0 Å². The number of hydrogen-bond acceptors (Lipinski definition) is 2. The molecule has 0 fully saturated rings. The molecule has 0 bridgehead atoms. The number of unbranched alkanes of at least 4 members (excludes halogenated alkanes) is 1. The van der Waals surface area contributed by atoms with Crippen LogP contribution in [-0.4, -0.2) is 30.1 Å². The molecule has 0 aromatic heterocycles. The summed E-state index contributed by atoms with van der Waals surface area (Å²) in [7, 11) is 0. The Morgan fingerprint density at radius 3 is 2.64 bits per heavy atom. The first-order valence-corrected chi connectivity index (χ1v) is 6.33. The van der Waals surface area contributed by atoms with Crippen molar-refractivity contribution in [3.63, 3.8) is 0 Å². The van der Waals surface area contributed by atoms with E-state index in [1.165, 1.54) is 6.42 Å². The summed E-state index contributed by atoms with van der Waals surface area (Å²) in [5, 5.41) is 3.10. The maximum Gasteiger partial charge on any atom is 0.188 e. The van der Waals surface area contributed by atoms with Crippen molar-refractivity contribution >= 4 is 17.7 Å². The Kier molecular flexibility index (Phi) is 6.79. The first kappa shape index (κ1) is 13.6. The molecule has 0 saturated heterocycles. The van der Waals surface area contributed by atoms with Gasteiger partial charge in [0.1, 0.15) is 0 Å². The summed E-state index contributed by atoms with van der Waals surface area (Å²) in [4.78, 5) is 4.30. The molecule has 0 aliphatic rings. The molecule has 0 heterocycles. The number of nitrogens with two attached hydrogens (primary N) is 1. The third-order valence-corrected chi connectivity index (χ3v) is 3.25. The van der Waals surface area contributed by atoms with Crippen molar-refractivity contribution in [2.75, 3.05) is 19.3 Å². The standard InChI is InChI=1S/C10H23N3S/c1-5-6-7-12-9(11)13-8-10(2,3)14-4/h5-8H2,1-4H3,(H3,11,12,13). The predicted octanol–water partition coefficient (Wildman–Crippen LogP) is 1.83. The largest absolute Gasteiger partial charge is 0.370 e. The zero-order chi connectivity index (χ0) is 11.0. The first-order chi connectivity index (χ1) is 6.52. The Hall–Kier alpha value is -0.380. The van der Waals surface area contributed by atoms with Gasteiger partial charge in [-0.2, -0.15) is 11.8 Å². The van der Waals surface area contributed by atoms with Crippen LogP contribution >= 0.6 is 11.8 Å². The van der Waals surface area contributed by atoms with E-state index in [0.29, 0.717) is 5.96 Å². The topological polar surface area (TPSA) is 50.4 Å². The minimum atomic E-state index is 0.178. The molecule has 0 aromatic carbocycles. The molecule has 0 aliphatic heterocycles. The second kappa shape index (κ2) is 6.98. The highest BCUT2D eigenvalue weighted by atomic mass is 32.2.